The SMILES string of the molecule is CN(C(N)=NCC1(c2cccc(Cl)c2)CCCC1)C1CC1. The fraction of sp³-hybridized carbons (Fsp3) is 0.588. The second-order valence-electron chi connectivity index (χ2n) is 6.51. The van der Waals surface area contributed by atoms with Gasteiger partial charge in [-0.25, -0.2) is 0 Å². The molecule has 1 aromatic carbocycles. The highest BCUT2D eigenvalue weighted by molar-refractivity contribution is 6.30. The van der Waals surface area contributed by atoms with Crippen LogP contribution in [-0.4, -0.2) is 30.5 Å². The number of nitrogens with zero attached hydrogens (tertiary/aromatic N) is 2. The van der Waals surface area contributed by atoms with Crippen LogP contribution in [0.1, 0.15) is 44.1 Å². The Balaban J connectivity index is 1.79. The molecule has 0 amide bonds. The van der Waals surface area contributed by atoms with E-state index >= 15 is 0 Å². The van der Waals surface area contributed by atoms with E-state index in [0.717, 1.165) is 11.6 Å². The second-order valence-corrected chi connectivity index (χ2v) is 6.95. The first-order valence-electron chi connectivity index (χ1n) is 7.90. The summed E-state index contributed by atoms with van der Waals surface area (Å²) in [4.78, 5) is 6.85. The first-order valence-corrected chi connectivity index (χ1v) is 8.27. The Hall–Kier alpha value is -1.22. The molecule has 2 fully saturated rings. The van der Waals surface area contributed by atoms with E-state index < -0.39 is 0 Å². The number of aliphatic imine (C=N–C) groups is 1. The minimum absolute atomic E-state index is 0.125. The molecule has 2 aliphatic carbocycles. The molecule has 2 N–H and O–H groups in total. The average molecular weight is 306 g/mol. The molecule has 0 spiro atoms. The summed E-state index contributed by atoms with van der Waals surface area (Å²) in [6.07, 6.45) is 7.37. The topological polar surface area (TPSA) is 41.6 Å². The van der Waals surface area contributed by atoms with Crippen molar-refractivity contribution >= 4 is 17.6 Å². The highest BCUT2D eigenvalue weighted by Gasteiger charge is 2.36. The minimum Gasteiger partial charge on any atom is -0.370 e. The summed E-state index contributed by atoms with van der Waals surface area (Å²) in [6.45, 7) is 0.774. The van der Waals surface area contributed by atoms with Crippen molar-refractivity contribution in [2.24, 2.45) is 10.7 Å². The van der Waals surface area contributed by atoms with Crippen LogP contribution in [0.25, 0.3) is 0 Å². The van der Waals surface area contributed by atoms with Crippen LogP contribution in [0.15, 0.2) is 29.3 Å². The molecule has 1 aromatic rings. The van der Waals surface area contributed by atoms with Crippen molar-refractivity contribution in [3.8, 4) is 0 Å². The molecule has 0 aromatic heterocycles. The van der Waals surface area contributed by atoms with Crippen molar-refractivity contribution in [3.63, 3.8) is 0 Å². The van der Waals surface area contributed by atoms with Gasteiger partial charge in [-0.15, -0.1) is 0 Å². The maximum Gasteiger partial charge on any atom is 0.191 e. The number of guanidine groups is 1. The van der Waals surface area contributed by atoms with Crippen molar-refractivity contribution in [1.29, 1.82) is 0 Å². The molecule has 4 heteroatoms. The summed E-state index contributed by atoms with van der Waals surface area (Å²) in [7, 11) is 2.05. The molecule has 0 heterocycles. The lowest BCUT2D eigenvalue weighted by Gasteiger charge is -2.29. The zero-order valence-electron chi connectivity index (χ0n) is 12.7. The van der Waals surface area contributed by atoms with Crippen LogP contribution < -0.4 is 5.73 Å². The molecule has 0 bridgehead atoms. The van der Waals surface area contributed by atoms with Gasteiger partial charge in [0.05, 0.1) is 6.54 Å². The molecule has 3 nitrogen and oxygen atoms in total. The van der Waals surface area contributed by atoms with E-state index in [9.17, 15) is 0 Å². The van der Waals surface area contributed by atoms with Crippen molar-refractivity contribution in [2.75, 3.05) is 13.6 Å². The lowest BCUT2D eigenvalue weighted by molar-refractivity contribution is 0.441. The predicted octanol–water partition coefficient (Wildman–Crippen LogP) is 3.56. The van der Waals surface area contributed by atoms with Crippen LogP contribution in [0.4, 0.5) is 0 Å². The minimum atomic E-state index is 0.125. The quantitative estimate of drug-likeness (QED) is 0.682. The van der Waals surface area contributed by atoms with Crippen molar-refractivity contribution in [3.05, 3.63) is 34.9 Å². The van der Waals surface area contributed by atoms with Gasteiger partial charge in [0.15, 0.2) is 5.96 Å². The van der Waals surface area contributed by atoms with Gasteiger partial charge < -0.3 is 10.6 Å². The molecule has 0 saturated heterocycles. The fourth-order valence-electron chi connectivity index (χ4n) is 3.40. The lowest BCUT2D eigenvalue weighted by Crippen LogP contribution is -2.37. The van der Waals surface area contributed by atoms with Gasteiger partial charge in [0.25, 0.3) is 0 Å². The van der Waals surface area contributed by atoms with Crippen LogP contribution in [0.5, 0.6) is 0 Å². The Labute approximate surface area is 132 Å². The van der Waals surface area contributed by atoms with Crippen LogP contribution in [0.2, 0.25) is 5.02 Å². The normalized spacial score (nSPS) is 21.5. The third-order valence-electron chi connectivity index (χ3n) is 5.00. The van der Waals surface area contributed by atoms with E-state index in [1.165, 1.54) is 44.1 Å². The largest absolute Gasteiger partial charge is 0.370 e. The molecular formula is C17H24ClN3. The molecule has 0 atom stereocenters. The summed E-state index contributed by atoms with van der Waals surface area (Å²) < 4.78 is 0. The molecule has 0 radical (unpaired) electrons. The van der Waals surface area contributed by atoms with Crippen LogP contribution >= 0.6 is 11.6 Å². The number of nitrogens with two attached hydrogens (primary N) is 1. The van der Waals surface area contributed by atoms with Crippen molar-refractivity contribution < 1.29 is 0 Å². The van der Waals surface area contributed by atoms with Gasteiger partial charge in [0.1, 0.15) is 0 Å². The van der Waals surface area contributed by atoms with Crippen LogP contribution in [0.3, 0.4) is 0 Å². The highest BCUT2D eigenvalue weighted by atomic mass is 35.5. The molecule has 2 aliphatic rings. The van der Waals surface area contributed by atoms with Crippen molar-refractivity contribution in [2.45, 2.75) is 50.0 Å². The van der Waals surface area contributed by atoms with E-state index in [0.29, 0.717) is 12.0 Å². The third-order valence-corrected chi connectivity index (χ3v) is 5.23. The van der Waals surface area contributed by atoms with Gasteiger partial charge in [-0.05, 0) is 43.4 Å². The lowest BCUT2D eigenvalue weighted by atomic mass is 9.79. The Morgan fingerprint density at radius 1 is 1.38 bits per heavy atom. The van der Waals surface area contributed by atoms with Gasteiger partial charge in [-0.2, -0.15) is 0 Å². The molecule has 3 rings (SSSR count). The summed E-state index contributed by atoms with van der Waals surface area (Å²) >= 11 is 6.18. The van der Waals surface area contributed by atoms with Crippen LogP contribution in [0, 0.1) is 0 Å². The molecule has 21 heavy (non-hydrogen) atoms. The van der Waals surface area contributed by atoms with E-state index in [4.69, 9.17) is 22.3 Å². The predicted molar refractivity (Wildman–Crippen MR) is 88.9 cm³/mol. The van der Waals surface area contributed by atoms with E-state index in [1.807, 2.05) is 12.1 Å². The molecule has 0 aliphatic heterocycles. The maximum atomic E-state index is 6.18. The van der Waals surface area contributed by atoms with Gasteiger partial charge in [-0.1, -0.05) is 36.6 Å². The Kier molecular flexibility index (Phi) is 4.12. The van der Waals surface area contributed by atoms with Crippen LogP contribution in [-0.2, 0) is 5.41 Å². The molecule has 114 valence electrons. The number of rotatable bonds is 4. The summed E-state index contributed by atoms with van der Waals surface area (Å²) in [5, 5.41) is 0.811. The highest BCUT2D eigenvalue weighted by Crippen LogP contribution is 2.42. The van der Waals surface area contributed by atoms with E-state index in [-0.39, 0.29) is 5.41 Å². The Bertz CT molecular complexity index is 531. The van der Waals surface area contributed by atoms with E-state index in [1.54, 1.807) is 0 Å². The summed E-state index contributed by atoms with van der Waals surface area (Å²) in [5.41, 5.74) is 7.60. The fourth-order valence-corrected chi connectivity index (χ4v) is 3.59. The number of halogens is 1. The van der Waals surface area contributed by atoms with Gasteiger partial charge in [-0.3, -0.25) is 4.99 Å². The van der Waals surface area contributed by atoms with Gasteiger partial charge in [0, 0.05) is 23.5 Å². The molecule has 0 unspecified atom stereocenters. The summed E-state index contributed by atoms with van der Waals surface area (Å²) in [5.74, 6) is 0.686. The zero-order chi connectivity index (χ0) is 14.9. The molecular weight excluding hydrogens is 282 g/mol. The number of hydrogen-bond donors (Lipinski definition) is 1. The smallest absolute Gasteiger partial charge is 0.191 e. The Morgan fingerprint density at radius 2 is 2.10 bits per heavy atom. The van der Waals surface area contributed by atoms with Gasteiger partial charge in [0.2, 0.25) is 0 Å². The molecule has 2 saturated carbocycles. The Morgan fingerprint density at radius 3 is 2.71 bits per heavy atom. The third kappa shape index (κ3) is 3.18. The first-order chi connectivity index (χ1) is 10.1. The monoisotopic (exact) mass is 305 g/mol. The number of benzene rings is 1. The zero-order valence-corrected chi connectivity index (χ0v) is 13.4. The second kappa shape index (κ2) is 5.88. The van der Waals surface area contributed by atoms with Gasteiger partial charge >= 0.3 is 0 Å². The number of hydrogen-bond acceptors (Lipinski definition) is 1. The van der Waals surface area contributed by atoms with E-state index in [2.05, 4.69) is 24.1 Å². The average Bonchev–Trinajstić information content (AvgIpc) is 3.22. The maximum absolute atomic E-state index is 6.18. The standard InChI is InChI=1S/C17H24ClN3/c1-21(15-7-8-15)16(19)20-12-17(9-2-3-10-17)13-5-4-6-14(18)11-13/h4-6,11,15H,2-3,7-10,12H2,1H3,(H2,19,20). The first kappa shape index (κ1) is 14.7. The van der Waals surface area contributed by atoms with Crippen molar-refractivity contribution in [1.82, 2.24) is 4.90 Å². The summed E-state index contributed by atoms with van der Waals surface area (Å²) in [6, 6.07) is 8.88.